The number of thiazole rings is 1. The Kier molecular flexibility index (Phi) is 8.22. The van der Waals surface area contributed by atoms with Crippen LogP contribution >= 0.6 is 34.5 Å². The van der Waals surface area contributed by atoms with E-state index in [1.807, 2.05) is 23.1 Å². The average molecular weight is 623 g/mol. The highest BCUT2D eigenvalue weighted by Gasteiger charge is 2.25. The maximum absolute atomic E-state index is 13.8. The minimum absolute atomic E-state index is 0.0337. The molecule has 1 fully saturated rings. The molecule has 0 radical (unpaired) electrons. The maximum atomic E-state index is 13.8. The molecule has 2 N–H and O–H groups in total. The molecule has 9 nitrogen and oxygen atoms in total. The number of likely N-dealkylation sites (tertiary alicyclic amines) is 1. The number of anilines is 3. The van der Waals surface area contributed by atoms with E-state index >= 15 is 0 Å². The predicted molar refractivity (Wildman–Crippen MR) is 164 cm³/mol. The summed E-state index contributed by atoms with van der Waals surface area (Å²) in [6.07, 6.45) is 7.33. The fourth-order valence-corrected chi connectivity index (χ4v) is 6.34. The molecule has 5 aromatic rings. The van der Waals surface area contributed by atoms with Crippen molar-refractivity contribution in [1.82, 2.24) is 29.9 Å². The van der Waals surface area contributed by atoms with Crippen molar-refractivity contribution in [2.75, 3.05) is 30.3 Å². The number of nitriles is 1. The summed E-state index contributed by atoms with van der Waals surface area (Å²) in [6, 6.07) is 10.1. The summed E-state index contributed by atoms with van der Waals surface area (Å²) in [5, 5.41) is 26.7. The van der Waals surface area contributed by atoms with Crippen LogP contribution in [0.1, 0.15) is 48.0 Å². The van der Waals surface area contributed by atoms with Gasteiger partial charge >= 0.3 is 0 Å². The van der Waals surface area contributed by atoms with Gasteiger partial charge in [-0.2, -0.15) is 5.26 Å². The normalized spacial score (nSPS) is 15.0. The lowest BCUT2D eigenvalue weighted by atomic mass is 10.1. The first-order valence-corrected chi connectivity index (χ1v) is 15.1. The van der Waals surface area contributed by atoms with Gasteiger partial charge in [-0.3, -0.25) is 9.97 Å². The zero-order valence-electron chi connectivity index (χ0n) is 22.6. The molecular weight excluding hydrogens is 596 g/mol. The van der Waals surface area contributed by atoms with Crippen LogP contribution in [0, 0.1) is 17.1 Å². The average Bonchev–Trinajstić information content (AvgIpc) is 3.72. The fraction of sp³-hybridized carbons (Fsp3) is 0.276. The predicted octanol–water partition coefficient (Wildman–Crippen LogP) is 7.20. The van der Waals surface area contributed by atoms with E-state index in [9.17, 15) is 9.65 Å². The van der Waals surface area contributed by atoms with Gasteiger partial charge in [0, 0.05) is 42.2 Å². The van der Waals surface area contributed by atoms with Crippen molar-refractivity contribution in [3.05, 3.63) is 86.4 Å². The number of fused-ring (bicyclic) bond motifs is 1. The molecule has 0 bridgehead atoms. The second-order valence-corrected chi connectivity index (χ2v) is 11.8. The highest BCUT2D eigenvalue weighted by molar-refractivity contribution is 7.09. The zero-order chi connectivity index (χ0) is 29.2. The van der Waals surface area contributed by atoms with Gasteiger partial charge in [0.25, 0.3) is 0 Å². The van der Waals surface area contributed by atoms with Crippen LogP contribution in [0.15, 0.2) is 54.4 Å². The molecule has 0 saturated carbocycles. The van der Waals surface area contributed by atoms with Gasteiger partial charge in [-0.05, 0) is 49.7 Å². The first kappa shape index (κ1) is 28.3. The number of halogens is 3. The third-order valence-electron chi connectivity index (χ3n) is 7.48. The van der Waals surface area contributed by atoms with Crippen molar-refractivity contribution in [2.24, 2.45) is 0 Å². The van der Waals surface area contributed by atoms with E-state index < -0.39 is 5.82 Å². The van der Waals surface area contributed by atoms with Gasteiger partial charge in [-0.15, -0.1) is 16.4 Å². The van der Waals surface area contributed by atoms with Gasteiger partial charge in [0.15, 0.2) is 0 Å². The van der Waals surface area contributed by atoms with Crippen LogP contribution in [0.4, 0.5) is 21.5 Å². The van der Waals surface area contributed by atoms with Crippen LogP contribution in [0.25, 0.3) is 10.9 Å². The summed E-state index contributed by atoms with van der Waals surface area (Å²) in [6.45, 7) is 5.33. The molecule has 13 heteroatoms. The monoisotopic (exact) mass is 621 g/mol. The molecule has 2 aromatic carbocycles. The summed E-state index contributed by atoms with van der Waals surface area (Å²) in [4.78, 5) is 12.1. The molecule has 0 amide bonds. The smallest absolute Gasteiger partial charge is 0.141 e. The highest BCUT2D eigenvalue weighted by atomic mass is 35.5. The number of benzene rings is 2. The van der Waals surface area contributed by atoms with Crippen molar-refractivity contribution in [3.8, 4) is 6.07 Å². The minimum atomic E-state index is -0.533. The molecule has 42 heavy (non-hydrogen) atoms. The molecule has 214 valence electrons. The van der Waals surface area contributed by atoms with Gasteiger partial charge < -0.3 is 15.5 Å². The SMILES string of the molecule is CCN1CCC(n2cc([C@@H](Nc3cc(Cl)c4ncc(C#N)c(Nc5ccc(F)c(Cl)c5)c4c3)c3cncs3)nn2)CC1. The minimum Gasteiger partial charge on any atom is -0.372 e. The molecule has 1 atom stereocenters. The summed E-state index contributed by atoms with van der Waals surface area (Å²) < 4.78 is 15.8. The maximum Gasteiger partial charge on any atom is 0.141 e. The molecule has 0 spiro atoms. The van der Waals surface area contributed by atoms with Gasteiger partial charge in [0.05, 0.1) is 49.4 Å². The number of hydrogen-bond donors (Lipinski definition) is 2. The summed E-state index contributed by atoms with van der Waals surface area (Å²) in [5.41, 5.74) is 5.04. The molecule has 0 aliphatic carbocycles. The third kappa shape index (κ3) is 5.76. The number of hydrogen-bond acceptors (Lipinski definition) is 9. The van der Waals surface area contributed by atoms with Crippen molar-refractivity contribution < 1.29 is 4.39 Å². The fourth-order valence-electron chi connectivity index (χ4n) is 5.21. The van der Waals surface area contributed by atoms with Gasteiger partial charge in [-0.1, -0.05) is 35.3 Å². The van der Waals surface area contributed by atoms with Gasteiger partial charge in [0.1, 0.15) is 23.6 Å². The standard InChI is InChI=1S/C29H26Cl2FN9S/c1-2-40-7-5-20(6-8-40)41-15-25(38-39-41)29(26-14-34-16-42-26)37-19-9-21-27(36-18-3-4-24(32)22(30)10-18)17(12-33)13-35-28(21)23(31)11-19/h3-4,9-11,13-16,20,29,37H,2,5-8H2,1H3,(H,35,36)/t29-/m1/s1. The Bertz CT molecular complexity index is 1760. The summed E-state index contributed by atoms with van der Waals surface area (Å²) in [7, 11) is 0. The number of aromatic nitrogens is 5. The van der Waals surface area contributed by atoms with Gasteiger partial charge in [-0.25, -0.2) is 9.07 Å². The van der Waals surface area contributed by atoms with Crippen LogP contribution in [0.3, 0.4) is 0 Å². The highest BCUT2D eigenvalue weighted by Crippen LogP contribution is 2.37. The Balaban J connectivity index is 1.36. The first-order valence-electron chi connectivity index (χ1n) is 13.5. The molecule has 1 saturated heterocycles. The Labute approximate surface area is 255 Å². The van der Waals surface area contributed by atoms with Crippen LogP contribution in [0.5, 0.6) is 0 Å². The molecule has 4 heterocycles. The number of pyridine rings is 1. The Morgan fingerprint density at radius 2 is 1.95 bits per heavy atom. The summed E-state index contributed by atoms with van der Waals surface area (Å²) in [5.74, 6) is -0.533. The molecule has 6 rings (SSSR count). The van der Waals surface area contributed by atoms with Gasteiger partial charge in [0.2, 0.25) is 0 Å². The quantitative estimate of drug-likeness (QED) is 0.187. The topological polar surface area (TPSA) is 108 Å². The van der Waals surface area contributed by atoms with E-state index in [2.05, 4.69) is 48.8 Å². The number of piperidine rings is 1. The lowest BCUT2D eigenvalue weighted by Crippen LogP contribution is -2.34. The van der Waals surface area contributed by atoms with Crippen molar-refractivity contribution >= 4 is 62.5 Å². The lowest BCUT2D eigenvalue weighted by molar-refractivity contribution is 0.186. The lowest BCUT2D eigenvalue weighted by Gasteiger charge is -2.30. The first-order chi connectivity index (χ1) is 20.4. The number of nitrogens with zero attached hydrogens (tertiary/aromatic N) is 7. The Morgan fingerprint density at radius 3 is 2.67 bits per heavy atom. The van der Waals surface area contributed by atoms with Crippen molar-refractivity contribution in [3.63, 3.8) is 0 Å². The van der Waals surface area contributed by atoms with E-state index in [-0.39, 0.29) is 11.1 Å². The van der Waals surface area contributed by atoms with Crippen molar-refractivity contribution in [1.29, 1.82) is 5.26 Å². The van der Waals surface area contributed by atoms with Crippen LogP contribution in [0.2, 0.25) is 10.0 Å². The molecule has 0 unspecified atom stereocenters. The van der Waals surface area contributed by atoms with Crippen LogP contribution < -0.4 is 10.6 Å². The van der Waals surface area contributed by atoms with Crippen molar-refractivity contribution in [2.45, 2.75) is 31.8 Å². The zero-order valence-corrected chi connectivity index (χ0v) is 24.9. The second kappa shape index (κ2) is 12.2. The van der Waals surface area contributed by atoms with E-state index in [1.165, 1.54) is 29.7 Å². The van der Waals surface area contributed by atoms with E-state index in [0.29, 0.717) is 44.6 Å². The number of nitrogens with one attached hydrogen (secondary N) is 2. The Morgan fingerprint density at radius 1 is 1.14 bits per heavy atom. The number of rotatable bonds is 8. The largest absolute Gasteiger partial charge is 0.372 e. The second-order valence-electron chi connectivity index (χ2n) is 10.0. The van der Waals surface area contributed by atoms with Crippen LogP contribution in [-0.2, 0) is 0 Å². The summed E-state index contributed by atoms with van der Waals surface area (Å²) >= 11 is 14.3. The van der Waals surface area contributed by atoms with E-state index in [0.717, 1.165) is 43.0 Å². The molecular formula is C29H26Cl2FN9S. The van der Waals surface area contributed by atoms with E-state index in [1.54, 1.807) is 17.6 Å². The third-order valence-corrected chi connectivity index (χ3v) is 8.90. The Hall–Kier alpha value is -3.82. The molecule has 1 aliphatic heterocycles. The van der Waals surface area contributed by atoms with E-state index in [4.69, 9.17) is 23.2 Å². The van der Waals surface area contributed by atoms with Crippen LogP contribution in [-0.4, -0.2) is 49.5 Å². The molecule has 1 aliphatic rings. The molecule has 3 aromatic heterocycles.